The van der Waals surface area contributed by atoms with Gasteiger partial charge in [0.1, 0.15) is 5.82 Å². The molecule has 4 heteroatoms. The van der Waals surface area contributed by atoms with E-state index in [2.05, 4.69) is 53.2 Å². The minimum atomic E-state index is 0.900. The van der Waals surface area contributed by atoms with Crippen molar-refractivity contribution in [3.8, 4) is 11.3 Å². The SMILES string of the molecule is Cc1cccc(-c2cnc3ccc(N4CCCCC4)nn23)c1. The van der Waals surface area contributed by atoms with Crippen molar-refractivity contribution in [1.29, 1.82) is 0 Å². The highest BCUT2D eigenvalue weighted by atomic mass is 15.3. The van der Waals surface area contributed by atoms with Gasteiger partial charge in [-0.3, -0.25) is 0 Å². The Bertz CT molecular complexity index is 800. The third-order valence-electron chi connectivity index (χ3n) is 4.34. The molecule has 0 bridgehead atoms. The fourth-order valence-corrected chi connectivity index (χ4v) is 3.16. The summed E-state index contributed by atoms with van der Waals surface area (Å²) >= 11 is 0. The zero-order valence-electron chi connectivity index (χ0n) is 12.9. The van der Waals surface area contributed by atoms with Gasteiger partial charge in [-0.15, -0.1) is 5.10 Å². The second kappa shape index (κ2) is 5.44. The molecule has 3 aromatic rings. The van der Waals surface area contributed by atoms with Gasteiger partial charge < -0.3 is 4.90 Å². The van der Waals surface area contributed by atoms with E-state index in [1.54, 1.807) is 0 Å². The molecule has 22 heavy (non-hydrogen) atoms. The van der Waals surface area contributed by atoms with E-state index in [4.69, 9.17) is 5.10 Å². The van der Waals surface area contributed by atoms with Crippen molar-refractivity contribution in [3.05, 3.63) is 48.2 Å². The van der Waals surface area contributed by atoms with E-state index in [9.17, 15) is 0 Å². The Kier molecular flexibility index (Phi) is 3.29. The normalized spacial score (nSPS) is 15.4. The van der Waals surface area contributed by atoms with E-state index in [0.717, 1.165) is 35.8 Å². The molecule has 0 amide bonds. The summed E-state index contributed by atoms with van der Waals surface area (Å²) in [5.74, 6) is 1.05. The lowest BCUT2D eigenvalue weighted by molar-refractivity contribution is 0.570. The van der Waals surface area contributed by atoms with Crippen LogP contribution in [0.4, 0.5) is 5.82 Å². The van der Waals surface area contributed by atoms with Crippen LogP contribution in [0, 0.1) is 6.92 Å². The monoisotopic (exact) mass is 292 g/mol. The lowest BCUT2D eigenvalue weighted by Crippen LogP contribution is -2.30. The summed E-state index contributed by atoms with van der Waals surface area (Å²) in [5, 5.41) is 4.84. The van der Waals surface area contributed by atoms with Gasteiger partial charge in [-0.2, -0.15) is 0 Å². The smallest absolute Gasteiger partial charge is 0.154 e. The molecule has 112 valence electrons. The van der Waals surface area contributed by atoms with E-state index < -0.39 is 0 Å². The summed E-state index contributed by atoms with van der Waals surface area (Å²) < 4.78 is 1.97. The van der Waals surface area contributed by atoms with Crippen LogP contribution in [-0.2, 0) is 0 Å². The first-order valence-electron chi connectivity index (χ1n) is 7.98. The highest BCUT2D eigenvalue weighted by Gasteiger charge is 2.14. The molecule has 0 N–H and O–H groups in total. The number of nitrogens with zero attached hydrogens (tertiary/aromatic N) is 4. The number of piperidine rings is 1. The van der Waals surface area contributed by atoms with Crippen LogP contribution in [-0.4, -0.2) is 27.7 Å². The molecule has 0 atom stereocenters. The molecule has 0 spiro atoms. The number of anilines is 1. The van der Waals surface area contributed by atoms with Crippen molar-refractivity contribution in [1.82, 2.24) is 14.6 Å². The second-order valence-corrected chi connectivity index (χ2v) is 6.02. The van der Waals surface area contributed by atoms with Gasteiger partial charge in [0.05, 0.1) is 11.9 Å². The summed E-state index contributed by atoms with van der Waals surface area (Å²) in [4.78, 5) is 6.87. The molecule has 1 aliphatic rings. The lowest BCUT2D eigenvalue weighted by Gasteiger charge is -2.27. The van der Waals surface area contributed by atoms with E-state index >= 15 is 0 Å². The van der Waals surface area contributed by atoms with Crippen LogP contribution < -0.4 is 4.90 Å². The predicted octanol–water partition coefficient (Wildman–Crippen LogP) is 3.70. The molecular weight excluding hydrogens is 272 g/mol. The maximum absolute atomic E-state index is 4.84. The molecule has 1 saturated heterocycles. The van der Waals surface area contributed by atoms with Gasteiger partial charge in [-0.25, -0.2) is 9.50 Å². The van der Waals surface area contributed by atoms with E-state index in [1.165, 1.54) is 24.8 Å². The van der Waals surface area contributed by atoms with Gasteiger partial charge in [0, 0.05) is 18.7 Å². The summed E-state index contributed by atoms with van der Waals surface area (Å²) in [6, 6.07) is 12.6. The van der Waals surface area contributed by atoms with Crippen molar-refractivity contribution in [3.63, 3.8) is 0 Å². The number of aryl methyl sites for hydroxylation is 1. The zero-order chi connectivity index (χ0) is 14.9. The van der Waals surface area contributed by atoms with Crippen molar-refractivity contribution in [2.24, 2.45) is 0 Å². The second-order valence-electron chi connectivity index (χ2n) is 6.02. The van der Waals surface area contributed by atoms with Crippen LogP contribution >= 0.6 is 0 Å². The Morgan fingerprint density at radius 3 is 2.68 bits per heavy atom. The standard InChI is InChI=1S/C18H20N4/c1-14-6-5-7-15(12-14)16-13-19-17-8-9-18(20-22(16)17)21-10-3-2-4-11-21/h5-9,12-13H,2-4,10-11H2,1H3. The Labute approximate surface area is 130 Å². The van der Waals surface area contributed by atoms with Gasteiger partial charge in [0.25, 0.3) is 0 Å². The van der Waals surface area contributed by atoms with Crippen LogP contribution in [0.3, 0.4) is 0 Å². The number of hydrogen-bond acceptors (Lipinski definition) is 3. The molecule has 4 nitrogen and oxygen atoms in total. The highest BCUT2D eigenvalue weighted by molar-refractivity contribution is 5.64. The summed E-state index contributed by atoms with van der Waals surface area (Å²) in [7, 11) is 0. The van der Waals surface area contributed by atoms with Crippen molar-refractivity contribution in [2.45, 2.75) is 26.2 Å². The number of fused-ring (bicyclic) bond motifs is 1. The molecule has 0 saturated carbocycles. The number of rotatable bonds is 2. The van der Waals surface area contributed by atoms with E-state index in [0.29, 0.717) is 0 Å². The van der Waals surface area contributed by atoms with E-state index in [1.807, 2.05) is 10.7 Å². The maximum Gasteiger partial charge on any atom is 0.154 e. The highest BCUT2D eigenvalue weighted by Crippen LogP contribution is 2.23. The Balaban J connectivity index is 1.79. The van der Waals surface area contributed by atoms with Crippen LogP contribution in [0.25, 0.3) is 16.9 Å². The average molecular weight is 292 g/mol. The topological polar surface area (TPSA) is 33.4 Å². The van der Waals surface area contributed by atoms with Gasteiger partial charge in [-0.05, 0) is 44.4 Å². The fourth-order valence-electron chi connectivity index (χ4n) is 3.16. The molecular formula is C18H20N4. The molecule has 3 heterocycles. The lowest BCUT2D eigenvalue weighted by atomic mass is 10.1. The molecule has 2 aromatic heterocycles. The van der Waals surface area contributed by atoms with Gasteiger partial charge in [0.2, 0.25) is 0 Å². The Morgan fingerprint density at radius 2 is 1.86 bits per heavy atom. The predicted molar refractivity (Wildman–Crippen MR) is 89.2 cm³/mol. The third-order valence-corrected chi connectivity index (χ3v) is 4.34. The summed E-state index contributed by atoms with van der Waals surface area (Å²) in [6.45, 7) is 4.32. The van der Waals surface area contributed by atoms with Crippen molar-refractivity contribution >= 4 is 11.5 Å². The van der Waals surface area contributed by atoms with Crippen LogP contribution in [0.5, 0.6) is 0 Å². The first kappa shape index (κ1) is 13.3. The van der Waals surface area contributed by atoms with Gasteiger partial charge >= 0.3 is 0 Å². The first-order chi connectivity index (χ1) is 10.8. The minimum absolute atomic E-state index is 0.900. The summed E-state index contributed by atoms with van der Waals surface area (Å²) in [6.07, 6.45) is 5.76. The Morgan fingerprint density at radius 1 is 1.00 bits per heavy atom. The fraction of sp³-hybridized carbons (Fsp3) is 0.333. The van der Waals surface area contributed by atoms with Crippen LogP contribution in [0.1, 0.15) is 24.8 Å². The molecule has 1 aliphatic heterocycles. The van der Waals surface area contributed by atoms with Crippen molar-refractivity contribution < 1.29 is 0 Å². The minimum Gasteiger partial charge on any atom is -0.355 e. The number of benzene rings is 1. The molecule has 0 aliphatic carbocycles. The zero-order valence-corrected chi connectivity index (χ0v) is 12.9. The van der Waals surface area contributed by atoms with Gasteiger partial charge in [-0.1, -0.05) is 23.8 Å². The largest absolute Gasteiger partial charge is 0.355 e. The number of aromatic nitrogens is 3. The molecule has 0 radical (unpaired) electrons. The van der Waals surface area contributed by atoms with Crippen LogP contribution in [0.15, 0.2) is 42.6 Å². The van der Waals surface area contributed by atoms with Crippen LogP contribution in [0.2, 0.25) is 0 Å². The quantitative estimate of drug-likeness (QED) is 0.722. The molecule has 1 aromatic carbocycles. The Hall–Kier alpha value is -2.36. The number of imidazole rings is 1. The first-order valence-corrected chi connectivity index (χ1v) is 7.98. The average Bonchev–Trinajstić information content (AvgIpc) is 2.99. The summed E-state index contributed by atoms with van der Waals surface area (Å²) in [5.41, 5.74) is 4.37. The van der Waals surface area contributed by atoms with Gasteiger partial charge in [0.15, 0.2) is 5.65 Å². The maximum atomic E-state index is 4.84. The third kappa shape index (κ3) is 2.34. The molecule has 4 rings (SSSR count). The van der Waals surface area contributed by atoms with E-state index in [-0.39, 0.29) is 0 Å². The number of hydrogen-bond donors (Lipinski definition) is 0. The molecule has 1 fully saturated rings. The van der Waals surface area contributed by atoms with Crippen molar-refractivity contribution in [2.75, 3.05) is 18.0 Å². The molecule has 0 unspecified atom stereocenters.